The van der Waals surface area contributed by atoms with Crippen molar-refractivity contribution in [3.05, 3.63) is 248 Å². The van der Waals surface area contributed by atoms with Crippen molar-refractivity contribution in [1.82, 2.24) is 0 Å². The summed E-state index contributed by atoms with van der Waals surface area (Å²) in [5.41, 5.74) is 0. The molecular formula is C48H34P2. The summed E-state index contributed by atoms with van der Waals surface area (Å²) < 4.78 is 0. The molecule has 0 N–H and O–H groups in total. The molecule has 0 unspecified atom stereocenters. The Morgan fingerprint density at radius 1 is 0.200 bits per heavy atom. The Morgan fingerprint density at radius 3 is 0.740 bits per heavy atom. The van der Waals surface area contributed by atoms with Crippen LogP contribution in [-0.4, -0.2) is 0 Å². The van der Waals surface area contributed by atoms with Crippen molar-refractivity contribution in [2.45, 2.75) is 0 Å². The average molecular weight is 673 g/mol. The van der Waals surface area contributed by atoms with E-state index in [1.807, 2.05) is 0 Å². The van der Waals surface area contributed by atoms with Crippen LogP contribution in [0.3, 0.4) is 0 Å². The normalized spacial score (nSPS) is 14.4. The second-order valence-electron chi connectivity index (χ2n) is 12.5. The van der Waals surface area contributed by atoms with Gasteiger partial charge in [0.1, 0.15) is 0 Å². The molecule has 0 bridgehead atoms. The number of hydrogen-bond donors (Lipinski definition) is 0. The number of fused-ring (bicyclic) bond motifs is 4. The number of benzene rings is 8. The minimum atomic E-state index is -0.895. The van der Waals surface area contributed by atoms with E-state index >= 15 is 0 Å². The van der Waals surface area contributed by atoms with Crippen molar-refractivity contribution in [2.75, 3.05) is 0 Å². The van der Waals surface area contributed by atoms with Gasteiger partial charge in [-0.1, -0.05) is 206 Å². The van der Waals surface area contributed by atoms with Crippen molar-refractivity contribution in [3.63, 3.8) is 0 Å². The van der Waals surface area contributed by atoms with Gasteiger partial charge in [0.05, 0.1) is 0 Å². The van der Waals surface area contributed by atoms with Crippen molar-refractivity contribution >= 4 is 47.7 Å². The van der Waals surface area contributed by atoms with Crippen molar-refractivity contribution in [1.29, 1.82) is 0 Å². The first-order valence-corrected chi connectivity index (χ1v) is 19.8. The van der Waals surface area contributed by atoms with E-state index in [1.165, 1.54) is 73.6 Å². The average Bonchev–Trinajstić information content (AvgIpc) is 3.19. The third-order valence-electron chi connectivity index (χ3n) is 9.60. The molecule has 0 atom stereocenters. The highest BCUT2D eigenvalue weighted by Gasteiger charge is 2.22. The van der Waals surface area contributed by atoms with E-state index in [4.69, 9.17) is 0 Å². The Kier molecular flexibility index (Phi) is 8.28. The van der Waals surface area contributed by atoms with Crippen molar-refractivity contribution in [3.8, 4) is 0 Å². The predicted molar refractivity (Wildman–Crippen MR) is 214 cm³/mol. The van der Waals surface area contributed by atoms with Crippen molar-refractivity contribution < 1.29 is 0 Å². The Bertz CT molecular complexity index is 2580. The van der Waals surface area contributed by atoms with Gasteiger partial charge in [0.2, 0.25) is 0 Å². The van der Waals surface area contributed by atoms with E-state index in [-0.39, 0.29) is 0 Å². The Morgan fingerprint density at radius 2 is 0.440 bits per heavy atom. The zero-order valence-corrected chi connectivity index (χ0v) is 29.3. The molecule has 0 aromatic heterocycles. The van der Waals surface area contributed by atoms with Crippen LogP contribution in [-0.2, 0) is 0 Å². The van der Waals surface area contributed by atoms with Gasteiger partial charge in [-0.2, -0.15) is 0 Å². The SMILES string of the molecule is c1ccc(P(c2ccccc2)c2cccc3/c2=c2/c(P(c4ccccc4)c4ccccc4)ccc/c2=c2\cccc\c2=c2/cccc/c2=3)cc1. The van der Waals surface area contributed by atoms with Gasteiger partial charge in [0.15, 0.2) is 0 Å². The third kappa shape index (κ3) is 5.43. The van der Waals surface area contributed by atoms with E-state index in [0.29, 0.717) is 0 Å². The molecule has 8 aromatic carbocycles. The summed E-state index contributed by atoms with van der Waals surface area (Å²) in [5, 5.41) is 18.5. The lowest BCUT2D eigenvalue weighted by atomic mass is 10.0. The van der Waals surface area contributed by atoms with Gasteiger partial charge in [0.25, 0.3) is 0 Å². The number of rotatable bonds is 6. The summed E-state index contributed by atoms with van der Waals surface area (Å²) in [6, 6.07) is 76.7. The summed E-state index contributed by atoms with van der Waals surface area (Å²) in [4.78, 5) is 0. The fourth-order valence-electron chi connectivity index (χ4n) is 7.50. The smallest absolute Gasteiger partial charge is 0.000861 e. The van der Waals surface area contributed by atoms with Gasteiger partial charge >= 0.3 is 0 Å². The van der Waals surface area contributed by atoms with E-state index in [1.54, 1.807) is 0 Å². The highest BCUT2D eigenvalue weighted by molar-refractivity contribution is 7.80. The monoisotopic (exact) mass is 672 g/mol. The van der Waals surface area contributed by atoms with Gasteiger partial charge in [-0.3, -0.25) is 0 Å². The first kappa shape index (κ1) is 30.7. The van der Waals surface area contributed by atoms with Crippen LogP contribution in [0.15, 0.2) is 206 Å². The second kappa shape index (κ2) is 13.5. The third-order valence-corrected chi connectivity index (χ3v) is 14.6. The Labute approximate surface area is 294 Å². The van der Waals surface area contributed by atoms with Crippen LogP contribution in [0.5, 0.6) is 0 Å². The molecule has 50 heavy (non-hydrogen) atoms. The lowest BCUT2D eigenvalue weighted by Gasteiger charge is -2.23. The maximum Gasteiger partial charge on any atom is -0.000861 e. The molecule has 0 aliphatic heterocycles. The van der Waals surface area contributed by atoms with E-state index in [2.05, 4.69) is 206 Å². The molecule has 1 aliphatic carbocycles. The van der Waals surface area contributed by atoms with Gasteiger partial charge < -0.3 is 0 Å². The number of hydrogen-bond acceptors (Lipinski definition) is 0. The topological polar surface area (TPSA) is 0 Å². The van der Waals surface area contributed by atoms with Crippen LogP contribution in [0, 0.1) is 41.7 Å². The molecule has 0 saturated heterocycles. The summed E-state index contributed by atoms with van der Waals surface area (Å²) in [6.07, 6.45) is 0. The lowest BCUT2D eigenvalue weighted by Crippen LogP contribution is -2.25. The van der Waals surface area contributed by atoms with E-state index in [0.717, 1.165) is 0 Å². The van der Waals surface area contributed by atoms with Crippen LogP contribution >= 0.6 is 15.8 Å². The zero-order valence-electron chi connectivity index (χ0n) is 27.5. The fourth-order valence-corrected chi connectivity index (χ4v) is 12.5. The van der Waals surface area contributed by atoms with E-state index in [9.17, 15) is 0 Å². The molecule has 1 aliphatic rings. The molecule has 9 rings (SSSR count). The zero-order chi connectivity index (χ0) is 33.3. The first-order valence-electron chi connectivity index (χ1n) is 17.1. The summed E-state index contributed by atoms with van der Waals surface area (Å²) in [5.74, 6) is 0. The minimum absolute atomic E-state index is 0.895. The Hall–Kier alpha value is -5.38. The molecule has 0 saturated carbocycles. The van der Waals surface area contributed by atoms with Gasteiger partial charge in [-0.15, -0.1) is 0 Å². The predicted octanol–water partition coefficient (Wildman–Crippen LogP) is 8.66. The lowest BCUT2D eigenvalue weighted by molar-refractivity contribution is 1.30. The largest absolute Gasteiger partial charge is 0.0622 e. The van der Waals surface area contributed by atoms with Crippen molar-refractivity contribution in [2.24, 2.45) is 0 Å². The highest BCUT2D eigenvalue weighted by Crippen LogP contribution is 2.36. The molecule has 8 aromatic rings. The first-order chi connectivity index (χ1) is 24.9. The summed E-state index contributed by atoms with van der Waals surface area (Å²) >= 11 is 0. The molecule has 236 valence electrons. The van der Waals surface area contributed by atoms with Crippen LogP contribution in [0.2, 0.25) is 0 Å². The Balaban J connectivity index is 1.62. The maximum atomic E-state index is 2.41. The summed E-state index contributed by atoms with van der Waals surface area (Å²) in [7, 11) is -1.79. The summed E-state index contributed by atoms with van der Waals surface area (Å²) in [6.45, 7) is 0. The molecule has 0 heterocycles. The fraction of sp³-hybridized carbons (Fsp3) is 0. The van der Waals surface area contributed by atoms with Gasteiger partial charge in [0, 0.05) is 0 Å². The highest BCUT2D eigenvalue weighted by atomic mass is 31.1. The molecule has 0 spiro atoms. The van der Waals surface area contributed by atoms with Gasteiger partial charge in [-0.05, 0) is 89.4 Å². The van der Waals surface area contributed by atoms with Gasteiger partial charge in [-0.25, -0.2) is 0 Å². The quantitative estimate of drug-likeness (QED) is 0.155. The maximum absolute atomic E-state index is 2.41. The van der Waals surface area contributed by atoms with Crippen LogP contribution in [0.25, 0.3) is 0 Å². The minimum Gasteiger partial charge on any atom is -0.0622 e. The molecular weight excluding hydrogens is 638 g/mol. The van der Waals surface area contributed by atoms with Crippen LogP contribution in [0.1, 0.15) is 0 Å². The second-order valence-corrected chi connectivity index (χ2v) is 16.9. The molecule has 2 heteroatoms. The molecule has 0 nitrogen and oxygen atoms in total. The molecule has 0 amide bonds. The molecule has 0 fully saturated rings. The standard InChI is InChI=1S/C48H34P2/c1-5-19-35(20-6-1)49(36-21-7-2-8-22-36)45-33-17-31-43-41-29-15-13-27-39(41)40-28-14-16-30-42(40)44-32-18-34-46(48(44)47(43)45)50(37-23-9-3-10-24-37)38-25-11-4-12-26-38/h1-34H/b40-39-,43-41-,44-42-,48-47-. The van der Waals surface area contributed by atoms with Crippen LogP contribution < -0.4 is 31.8 Å². The van der Waals surface area contributed by atoms with E-state index < -0.39 is 15.8 Å². The van der Waals surface area contributed by atoms with Crippen LogP contribution in [0.4, 0.5) is 0 Å². The molecule has 0 radical (unpaired) electrons.